The van der Waals surface area contributed by atoms with Gasteiger partial charge in [-0.3, -0.25) is 4.98 Å². The monoisotopic (exact) mass is 268 g/mol. The van der Waals surface area contributed by atoms with E-state index in [1.165, 1.54) is 18.7 Å². The molecule has 0 radical (unpaired) electrons. The van der Waals surface area contributed by atoms with E-state index in [0.717, 1.165) is 0 Å². The van der Waals surface area contributed by atoms with Crippen molar-refractivity contribution < 1.29 is 12.9 Å². The summed E-state index contributed by atoms with van der Waals surface area (Å²) < 4.78 is 31.2. The molecule has 0 atom stereocenters. The second-order valence-electron chi connectivity index (χ2n) is 3.44. The van der Waals surface area contributed by atoms with Crippen LogP contribution in [0, 0.1) is 0 Å². The number of hydrogen-bond acceptors (Lipinski definition) is 6. The fourth-order valence-electron chi connectivity index (χ4n) is 1.38. The van der Waals surface area contributed by atoms with E-state index in [0.29, 0.717) is 11.4 Å². The molecule has 8 heteroatoms. The maximum atomic E-state index is 12.1. The van der Waals surface area contributed by atoms with Crippen molar-refractivity contribution in [2.75, 3.05) is 12.4 Å². The van der Waals surface area contributed by atoms with Gasteiger partial charge in [0.25, 0.3) is 0 Å². The van der Waals surface area contributed by atoms with Crippen molar-refractivity contribution in [1.29, 1.82) is 0 Å². The molecule has 2 aromatic rings. The maximum Gasteiger partial charge on any atom is 0.244 e. The highest BCUT2D eigenvalue weighted by atomic mass is 32.2. The van der Waals surface area contributed by atoms with Gasteiger partial charge >= 0.3 is 0 Å². The number of sulfonamides is 1. The first-order chi connectivity index (χ1) is 8.63. The standard InChI is InChI=1S/C10H12N4O3S/c1-11-9-2-4-12-7-10(9)18(15,16)13-6-8-3-5-17-14-8/h2-5,7,13H,6H2,1H3,(H,11,12). The molecule has 18 heavy (non-hydrogen) atoms. The average Bonchev–Trinajstić information content (AvgIpc) is 2.89. The first kappa shape index (κ1) is 12.5. The van der Waals surface area contributed by atoms with Crippen LogP contribution in [-0.4, -0.2) is 25.6 Å². The van der Waals surface area contributed by atoms with Crippen molar-refractivity contribution in [1.82, 2.24) is 14.9 Å². The molecule has 0 aliphatic rings. The van der Waals surface area contributed by atoms with Crippen molar-refractivity contribution in [2.45, 2.75) is 11.4 Å². The summed E-state index contributed by atoms with van der Waals surface area (Å²) in [5.74, 6) is 0. The third-order valence-electron chi connectivity index (χ3n) is 2.28. The number of anilines is 1. The van der Waals surface area contributed by atoms with Crippen LogP contribution in [0.1, 0.15) is 5.69 Å². The van der Waals surface area contributed by atoms with E-state index in [1.807, 2.05) is 0 Å². The van der Waals surface area contributed by atoms with E-state index in [4.69, 9.17) is 0 Å². The molecular weight excluding hydrogens is 256 g/mol. The van der Waals surface area contributed by atoms with Crippen LogP contribution in [0.4, 0.5) is 5.69 Å². The molecule has 0 bridgehead atoms. The van der Waals surface area contributed by atoms with Gasteiger partial charge in [-0.15, -0.1) is 0 Å². The number of pyridine rings is 1. The van der Waals surface area contributed by atoms with Crippen molar-refractivity contribution >= 4 is 15.7 Å². The minimum atomic E-state index is -3.64. The average molecular weight is 268 g/mol. The highest BCUT2D eigenvalue weighted by molar-refractivity contribution is 7.89. The molecule has 0 aliphatic carbocycles. The second kappa shape index (κ2) is 5.15. The Morgan fingerprint density at radius 3 is 2.89 bits per heavy atom. The first-order valence-corrected chi connectivity index (χ1v) is 6.62. The predicted molar refractivity (Wildman–Crippen MR) is 64.3 cm³/mol. The Morgan fingerprint density at radius 2 is 2.22 bits per heavy atom. The van der Waals surface area contributed by atoms with Crippen LogP contribution in [0.5, 0.6) is 0 Å². The van der Waals surface area contributed by atoms with Crippen molar-refractivity contribution in [3.05, 3.63) is 36.5 Å². The fourth-order valence-corrected chi connectivity index (χ4v) is 2.53. The van der Waals surface area contributed by atoms with Gasteiger partial charge in [0.15, 0.2) is 0 Å². The Morgan fingerprint density at radius 1 is 1.39 bits per heavy atom. The Kier molecular flexibility index (Phi) is 3.58. The molecular formula is C10H12N4O3S. The molecule has 7 nitrogen and oxygen atoms in total. The van der Waals surface area contributed by atoms with Crippen LogP contribution in [0.3, 0.4) is 0 Å². The SMILES string of the molecule is CNc1ccncc1S(=O)(=O)NCc1ccon1. The summed E-state index contributed by atoms with van der Waals surface area (Å²) in [7, 11) is -1.99. The molecule has 0 saturated heterocycles. The zero-order valence-corrected chi connectivity index (χ0v) is 10.4. The lowest BCUT2D eigenvalue weighted by Gasteiger charge is -2.09. The van der Waals surface area contributed by atoms with Gasteiger partial charge in [0.2, 0.25) is 10.0 Å². The summed E-state index contributed by atoms with van der Waals surface area (Å²) in [5.41, 5.74) is 0.992. The fraction of sp³-hybridized carbons (Fsp3) is 0.200. The molecule has 2 rings (SSSR count). The molecule has 96 valence electrons. The van der Waals surface area contributed by atoms with Gasteiger partial charge in [-0.1, -0.05) is 5.16 Å². The van der Waals surface area contributed by atoms with Crippen LogP contribution in [0.15, 0.2) is 40.2 Å². The van der Waals surface area contributed by atoms with Gasteiger partial charge in [0.1, 0.15) is 11.2 Å². The minimum absolute atomic E-state index is 0.0664. The summed E-state index contributed by atoms with van der Waals surface area (Å²) in [6.45, 7) is 0.0664. The van der Waals surface area contributed by atoms with E-state index in [1.54, 1.807) is 19.2 Å². The van der Waals surface area contributed by atoms with Gasteiger partial charge < -0.3 is 9.84 Å². The van der Waals surface area contributed by atoms with Crippen LogP contribution in [0.25, 0.3) is 0 Å². The van der Waals surface area contributed by atoms with Crippen LogP contribution in [-0.2, 0) is 16.6 Å². The summed E-state index contributed by atoms with van der Waals surface area (Å²) in [5, 5.41) is 6.42. The topological polar surface area (TPSA) is 97.1 Å². The molecule has 0 amide bonds. The second-order valence-corrected chi connectivity index (χ2v) is 5.17. The maximum absolute atomic E-state index is 12.1. The van der Waals surface area contributed by atoms with Crippen LogP contribution >= 0.6 is 0 Å². The molecule has 2 N–H and O–H groups in total. The van der Waals surface area contributed by atoms with Crippen LogP contribution < -0.4 is 10.0 Å². The van der Waals surface area contributed by atoms with E-state index in [9.17, 15) is 8.42 Å². The highest BCUT2D eigenvalue weighted by Gasteiger charge is 2.18. The number of aromatic nitrogens is 2. The van der Waals surface area contributed by atoms with E-state index >= 15 is 0 Å². The first-order valence-electron chi connectivity index (χ1n) is 5.14. The Bertz CT molecular complexity index is 610. The van der Waals surface area contributed by atoms with Gasteiger partial charge in [0.05, 0.1) is 17.9 Å². The lowest BCUT2D eigenvalue weighted by molar-refractivity contribution is 0.411. The normalized spacial score (nSPS) is 11.4. The van der Waals surface area contributed by atoms with Gasteiger partial charge in [-0.05, 0) is 6.07 Å². The Balaban J connectivity index is 2.20. The molecule has 0 saturated carbocycles. The lowest BCUT2D eigenvalue weighted by Crippen LogP contribution is -2.24. The molecule has 0 spiro atoms. The molecule has 2 heterocycles. The van der Waals surface area contributed by atoms with E-state index in [-0.39, 0.29) is 11.4 Å². The Labute approximate surface area is 104 Å². The summed E-state index contributed by atoms with van der Waals surface area (Å²) in [6.07, 6.45) is 4.19. The van der Waals surface area contributed by atoms with E-state index < -0.39 is 10.0 Å². The number of rotatable bonds is 5. The van der Waals surface area contributed by atoms with E-state index in [2.05, 4.69) is 24.7 Å². The van der Waals surface area contributed by atoms with Crippen LogP contribution in [0.2, 0.25) is 0 Å². The predicted octanol–water partition coefficient (Wildman–Crippen LogP) is 0.590. The highest BCUT2D eigenvalue weighted by Crippen LogP contribution is 2.18. The summed E-state index contributed by atoms with van der Waals surface area (Å²) >= 11 is 0. The zero-order valence-electron chi connectivity index (χ0n) is 9.62. The van der Waals surface area contributed by atoms with Gasteiger partial charge in [-0.25, -0.2) is 13.1 Å². The summed E-state index contributed by atoms with van der Waals surface area (Å²) in [6, 6.07) is 3.18. The molecule has 0 unspecified atom stereocenters. The minimum Gasteiger partial charge on any atom is -0.387 e. The van der Waals surface area contributed by atoms with Crippen molar-refractivity contribution in [2.24, 2.45) is 0 Å². The zero-order chi connectivity index (χ0) is 13.0. The van der Waals surface area contributed by atoms with Gasteiger partial charge in [0, 0.05) is 25.5 Å². The third-order valence-corrected chi connectivity index (χ3v) is 3.71. The number of hydrogen-bond donors (Lipinski definition) is 2. The number of nitrogens with zero attached hydrogens (tertiary/aromatic N) is 2. The molecule has 0 aliphatic heterocycles. The molecule has 0 aromatic carbocycles. The van der Waals surface area contributed by atoms with Crippen molar-refractivity contribution in [3.63, 3.8) is 0 Å². The Hall–Kier alpha value is -1.93. The quantitative estimate of drug-likeness (QED) is 0.823. The van der Waals surface area contributed by atoms with Gasteiger partial charge in [-0.2, -0.15) is 0 Å². The lowest BCUT2D eigenvalue weighted by atomic mass is 10.4. The molecule has 0 fully saturated rings. The third kappa shape index (κ3) is 2.66. The summed E-state index contributed by atoms with van der Waals surface area (Å²) in [4.78, 5) is 3.90. The molecule has 2 aromatic heterocycles. The van der Waals surface area contributed by atoms with Crippen molar-refractivity contribution in [3.8, 4) is 0 Å². The smallest absolute Gasteiger partial charge is 0.244 e. The largest absolute Gasteiger partial charge is 0.387 e. The number of nitrogens with one attached hydrogen (secondary N) is 2.